The number of halogens is 3. The molecule has 1 aliphatic rings. The number of anilines is 2. The summed E-state index contributed by atoms with van der Waals surface area (Å²) in [5.41, 5.74) is -0.178. The quantitative estimate of drug-likeness (QED) is 0.647. The lowest BCUT2D eigenvalue weighted by atomic mass is 10.1. The zero-order chi connectivity index (χ0) is 22.6. The molecule has 0 atom stereocenters. The molecule has 9 heteroatoms. The minimum absolute atomic E-state index is 0.156. The van der Waals surface area contributed by atoms with Gasteiger partial charge in [-0.15, -0.1) is 0 Å². The molecule has 166 valence electrons. The molecule has 0 bridgehead atoms. The third-order valence-corrected chi connectivity index (χ3v) is 5.32. The van der Waals surface area contributed by atoms with E-state index in [0.29, 0.717) is 5.82 Å². The fourth-order valence-corrected chi connectivity index (χ4v) is 3.68. The molecule has 6 nitrogen and oxygen atoms in total. The van der Waals surface area contributed by atoms with Crippen LogP contribution < -0.4 is 10.2 Å². The normalized spacial score (nSPS) is 14.9. The Morgan fingerprint density at radius 2 is 1.62 bits per heavy atom. The Bertz CT molecular complexity index is 1070. The van der Waals surface area contributed by atoms with Crippen LogP contribution in [0.1, 0.15) is 21.5 Å². The second-order valence-electron chi connectivity index (χ2n) is 7.51. The van der Waals surface area contributed by atoms with Gasteiger partial charge >= 0.3 is 6.18 Å². The van der Waals surface area contributed by atoms with Gasteiger partial charge in [-0.2, -0.15) is 13.2 Å². The standard InChI is InChI=1S/C23H22F3N5O/c24-23(25,26)19-9-5-4-8-18(19)22(32)29-20-14-21(28-16-27-20)31-12-10-30(11-13-31)15-17-6-2-1-3-7-17/h1-9,14,16H,10-13,15H2,(H,27,28,29,32). The number of aromatic nitrogens is 2. The molecule has 3 aromatic rings. The molecule has 2 aromatic carbocycles. The van der Waals surface area contributed by atoms with Gasteiger partial charge in [0.2, 0.25) is 0 Å². The summed E-state index contributed by atoms with van der Waals surface area (Å²) in [7, 11) is 0. The number of carbonyl (C=O) groups is 1. The van der Waals surface area contributed by atoms with Crippen LogP contribution in [0.25, 0.3) is 0 Å². The van der Waals surface area contributed by atoms with Gasteiger partial charge in [0.15, 0.2) is 0 Å². The maximum atomic E-state index is 13.2. The SMILES string of the molecule is O=C(Nc1cc(N2CCN(Cc3ccccc3)CC2)ncn1)c1ccccc1C(F)(F)F. The lowest BCUT2D eigenvalue weighted by Gasteiger charge is -2.35. The Labute approximate surface area is 183 Å². The van der Waals surface area contributed by atoms with Crippen LogP contribution >= 0.6 is 0 Å². The van der Waals surface area contributed by atoms with Crippen LogP contribution in [0.5, 0.6) is 0 Å². The lowest BCUT2D eigenvalue weighted by Crippen LogP contribution is -2.46. The molecule has 1 aliphatic heterocycles. The molecular weight excluding hydrogens is 419 g/mol. The highest BCUT2D eigenvalue weighted by Crippen LogP contribution is 2.32. The predicted molar refractivity (Wildman–Crippen MR) is 115 cm³/mol. The summed E-state index contributed by atoms with van der Waals surface area (Å²) < 4.78 is 39.6. The summed E-state index contributed by atoms with van der Waals surface area (Å²) in [6, 6.07) is 16.5. The van der Waals surface area contributed by atoms with Crippen molar-refractivity contribution in [2.75, 3.05) is 36.4 Å². The Morgan fingerprint density at radius 3 is 2.34 bits per heavy atom. The maximum absolute atomic E-state index is 13.2. The molecule has 32 heavy (non-hydrogen) atoms. The van der Waals surface area contributed by atoms with E-state index in [2.05, 4.69) is 37.2 Å². The Hall–Kier alpha value is -3.46. The molecule has 1 saturated heterocycles. The van der Waals surface area contributed by atoms with Gasteiger partial charge < -0.3 is 10.2 Å². The summed E-state index contributed by atoms with van der Waals surface area (Å²) in [6.45, 7) is 4.06. The largest absolute Gasteiger partial charge is 0.417 e. The van der Waals surface area contributed by atoms with Gasteiger partial charge in [-0.1, -0.05) is 42.5 Å². The first-order chi connectivity index (χ1) is 15.4. The van der Waals surface area contributed by atoms with E-state index in [9.17, 15) is 18.0 Å². The van der Waals surface area contributed by atoms with Crippen LogP contribution in [0.15, 0.2) is 67.0 Å². The van der Waals surface area contributed by atoms with Crippen molar-refractivity contribution < 1.29 is 18.0 Å². The number of nitrogens with zero attached hydrogens (tertiary/aromatic N) is 4. The van der Waals surface area contributed by atoms with E-state index in [1.165, 1.54) is 24.0 Å². The lowest BCUT2D eigenvalue weighted by molar-refractivity contribution is -0.137. The first-order valence-corrected chi connectivity index (χ1v) is 10.2. The second kappa shape index (κ2) is 9.35. The molecule has 0 radical (unpaired) electrons. The molecule has 0 unspecified atom stereocenters. The zero-order valence-corrected chi connectivity index (χ0v) is 17.2. The number of rotatable bonds is 5. The molecule has 0 saturated carbocycles. The number of nitrogens with one attached hydrogen (secondary N) is 1. The van der Waals surface area contributed by atoms with Crippen LogP contribution in [0.2, 0.25) is 0 Å². The van der Waals surface area contributed by atoms with Gasteiger partial charge in [-0.3, -0.25) is 9.69 Å². The third-order valence-electron chi connectivity index (χ3n) is 5.32. The number of benzene rings is 2. The fraction of sp³-hybridized carbons (Fsp3) is 0.261. The van der Waals surface area contributed by atoms with Gasteiger partial charge in [-0.25, -0.2) is 9.97 Å². The van der Waals surface area contributed by atoms with Gasteiger partial charge in [0, 0.05) is 38.8 Å². The number of carbonyl (C=O) groups excluding carboxylic acids is 1. The van der Waals surface area contributed by atoms with E-state index in [1.54, 1.807) is 6.07 Å². The van der Waals surface area contributed by atoms with Gasteiger partial charge in [0.05, 0.1) is 11.1 Å². The molecule has 1 aromatic heterocycles. The smallest absolute Gasteiger partial charge is 0.354 e. The van der Waals surface area contributed by atoms with Crippen LogP contribution in [-0.4, -0.2) is 47.0 Å². The third kappa shape index (κ3) is 5.23. The van der Waals surface area contributed by atoms with Crippen molar-refractivity contribution in [3.63, 3.8) is 0 Å². The summed E-state index contributed by atoms with van der Waals surface area (Å²) in [4.78, 5) is 25.2. The topological polar surface area (TPSA) is 61.4 Å². The highest BCUT2D eigenvalue weighted by Gasteiger charge is 2.35. The number of hydrogen-bond donors (Lipinski definition) is 1. The first-order valence-electron chi connectivity index (χ1n) is 10.2. The minimum atomic E-state index is -4.62. The molecule has 2 heterocycles. The van der Waals surface area contributed by atoms with Crippen LogP contribution in [0.3, 0.4) is 0 Å². The highest BCUT2D eigenvalue weighted by molar-refractivity contribution is 6.05. The fourth-order valence-electron chi connectivity index (χ4n) is 3.68. The predicted octanol–water partition coefficient (Wildman–Crippen LogP) is 4.07. The molecule has 0 aliphatic carbocycles. The van der Waals surface area contributed by atoms with Crippen molar-refractivity contribution >= 4 is 17.5 Å². The monoisotopic (exact) mass is 441 g/mol. The number of piperazine rings is 1. The molecule has 1 N–H and O–H groups in total. The van der Waals surface area contributed by atoms with Crippen molar-refractivity contribution in [3.05, 3.63) is 83.7 Å². The summed E-state index contributed by atoms with van der Waals surface area (Å²) in [6.07, 6.45) is -3.32. The summed E-state index contributed by atoms with van der Waals surface area (Å²) in [5, 5.41) is 2.46. The van der Waals surface area contributed by atoms with E-state index in [4.69, 9.17) is 0 Å². The summed E-state index contributed by atoms with van der Waals surface area (Å²) in [5.74, 6) is -0.0854. The van der Waals surface area contributed by atoms with Crippen molar-refractivity contribution in [1.29, 1.82) is 0 Å². The average molecular weight is 441 g/mol. The highest BCUT2D eigenvalue weighted by atomic mass is 19.4. The molecule has 0 spiro atoms. The van der Waals surface area contributed by atoms with Gasteiger partial charge in [0.1, 0.15) is 18.0 Å². The number of alkyl halides is 3. The van der Waals surface area contributed by atoms with E-state index < -0.39 is 23.2 Å². The Kier molecular flexibility index (Phi) is 6.36. The number of hydrogen-bond acceptors (Lipinski definition) is 5. The van der Waals surface area contributed by atoms with Crippen LogP contribution in [0.4, 0.5) is 24.8 Å². The molecular formula is C23H22F3N5O. The van der Waals surface area contributed by atoms with Gasteiger partial charge in [0.25, 0.3) is 5.91 Å². The first kappa shape index (κ1) is 21.8. The average Bonchev–Trinajstić information content (AvgIpc) is 2.80. The van der Waals surface area contributed by atoms with Crippen molar-refractivity contribution in [1.82, 2.24) is 14.9 Å². The van der Waals surface area contributed by atoms with Crippen molar-refractivity contribution in [2.24, 2.45) is 0 Å². The Balaban J connectivity index is 1.40. The van der Waals surface area contributed by atoms with E-state index in [0.717, 1.165) is 44.9 Å². The van der Waals surface area contributed by atoms with Crippen LogP contribution in [0, 0.1) is 0 Å². The zero-order valence-electron chi connectivity index (χ0n) is 17.2. The minimum Gasteiger partial charge on any atom is -0.354 e. The van der Waals surface area contributed by atoms with E-state index in [-0.39, 0.29) is 5.82 Å². The van der Waals surface area contributed by atoms with Crippen molar-refractivity contribution in [3.8, 4) is 0 Å². The second-order valence-corrected chi connectivity index (χ2v) is 7.51. The maximum Gasteiger partial charge on any atom is 0.417 e. The molecule has 1 fully saturated rings. The van der Waals surface area contributed by atoms with Gasteiger partial charge in [-0.05, 0) is 17.7 Å². The molecule has 1 amide bonds. The van der Waals surface area contributed by atoms with E-state index in [1.807, 2.05) is 18.2 Å². The van der Waals surface area contributed by atoms with E-state index >= 15 is 0 Å². The number of amides is 1. The van der Waals surface area contributed by atoms with Crippen LogP contribution in [-0.2, 0) is 12.7 Å². The molecule has 4 rings (SSSR count). The summed E-state index contributed by atoms with van der Waals surface area (Å²) >= 11 is 0. The van der Waals surface area contributed by atoms with Crippen molar-refractivity contribution in [2.45, 2.75) is 12.7 Å². The Morgan fingerprint density at radius 1 is 0.938 bits per heavy atom.